The minimum atomic E-state index is 0.129. The highest BCUT2D eigenvalue weighted by Crippen LogP contribution is 2.23. The Bertz CT molecular complexity index is 1270. The van der Waals surface area contributed by atoms with Crippen LogP contribution in [0, 0.1) is 0 Å². The standard InChI is InChI=1S/C32H33N3/c1-32(2,3)29-22-16-25(17-23-29)24-33-34-31(35(4)30-14-10-5-6-11-15-30)28-20-18-27(19-21-28)26-12-8-7-9-13-26/h5,7-24H,6H2,1-4H3/b33-24+,34-31-. The summed E-state index contributed by atoms with van der Waals surface area (Å²) in [6, 6.07) is 27.4. The van der Waals surface area contributed by atoms with E-state index in [1.807, 2.05) is 19.3 Å². The van der Waals surface area contributed by atoms with Gasteiger partial charge in [0.05, 0.1) is 6.21 Å². The molecule has 0 saturated heterocycles. The lowest BCUT2D eigenvalue weighted by atomic mass is 9.87. The van der Waals surface area contributed by atoms with Gasteiger partial charge in [0.2, 0.25) is 0 Å². The van der Waals surface area contributed by atoms with Crippen LogP contribution in [0.4, 0.5) is 0 Å². The Hall–Kier alpha value is -3.98. The molecule has 176 valence electrons. The van der Waals surface area contributed by atoms with E-state index < -0.39 is 0 Å². The number of hydrogen-bond acceptors (Lipinski definition) is 2. The quantitative estimate of drug-likeness (QED) is 0.218. The van der Waals surface area contributed by atoms with Crippen LogP contribution < -0.4 is 0 Å². The topological polar surface area (TPSA) is 28.0 Å². The molecule has 0 spiro atoms. The summed E-state index contributed by atoms with van der Waals surface area (Å²) in [7, 11) is 2.03. The number of allylic oxidation sites excluding steroid dienone is 5. The van der Waals surface area contributed by atoms with Crippen molar-refractivity contribution in [1.29, 1.82) is 0 Å². The van der Waals surface area contributed by atoms with Gasteiger partial charge in [-0.2, -0.15) is 5.10 Å². The van der Waals surface area contributed by atoms with Gasteiger partial charge in [0.1, 0.15) is 0 Å². The first kappa shape index (κ1) is 24.2. The molecule has 3 heteroatoms. The fourth-order valence-corrected chi connectivity index (χ4v) is 3.89. The third-order valence-electron chi connectivity index (χ3n) is 6.06. The largest absolute Gasteiger partial charge is 0.328 e. The van der Waals surface area contributed by atoms with Crippen LogP contribution in [0.2, 0.25) is 0 Å². The molecule has 0 radical (unpaired) electrons. The number of amidine groups is 1. The van der Waals surface area contributed by atoms with Gasteiger partial charge in [-0.05, 0) is 46.2 Å². The Morgan fingerprint density at radius 2 is 1.51 bits per heavy atom. The van der Waals surface area contributed by atoms with Crippen LogP contribution in [-0.2, 0) is 5.41 Å². The van der Waals surface area contributed by atoms with Gasteiger partial charge in [-0.15, -0.1) is 5.10 Å². The van der Waals surface area contributed by atoms with E-state index in [1.54, 1.807) is 0 Å². The second-order valence-corrected chi connectivity index (χ2v) is 9.70. The van der Waals surface area contributed by atoms with Crippen molar-refractivity contribution in [2.75, 3.05) is 7.05 Å². The van der Waals surface area contributed by atoms with Gasteiger partial charge in [0.25, 0.3) is 0 Å². The zero-order chi connectivity index (χ0) is 24.7. The summed E-state index contributed by atoms with van der Waals surface area (Å²) in [6.45, 7) is 6.66. The number of hydrogen-bond donors (Lipinski definition) is 0. The van der Waals surface area contributed by atoms with Crippen molar-refractivity contribution in [3.63, 3.8) is 0 Å². The average molecular weight is 460 g/mol. The van der Waals surface area contributed by atoms with Crippen molar-refractivity contribution >= 4 is 12.1 Å². The summed E-state index contributed by atoms with van der Waals surface area (Å²) in [6.07, 6.45) is 13.4. The Kier molecular flexibility index (Phi) is 7.57. The maximum absolute atomic E-state index is 4.68. The lowest BCUT2D eigenvalue weighted by Gasteiger charge is -2.22. The third kappa shape index (κ3) is 6.33. The molecule has 0 heterocycles. The van der Waals surface area contributed by atoms with Gasteiger partial charge in [-0.25, -0.2) is 0 Å². The highest BCUT2D eigenvalue weighted by molar-refractivity contribution is 6.00. The summed E-state index contributed by atoms with van der Waals surface area (Å²) in [4.78, 5) is 2.09. The van der Waals surface area contributed by atoms with Gasteiger partial charge >= 0.3 is 0 Å². The highest BCUT2D eigenvalue weighted by Gasteiger charge is 2.14. The molecule has 3 aromatic carbocycles. The number of benzene rings is 3. The Balaban J connectivity index is 1.65. The molecule has 0 atom stereocenters. The Morgan fingerprint density at radius 1 is 0.829 bits per heavy atom. The fourth-order valence-electron chi connectivity index (χ4n) is 3.89. The Morgan fingerprint density at radius 3 is 2.20 bits per heavy atom. The zero-order valence-electron chi connectivity index (χ0n) is 21.0. The minimum absolute atomic E-state index is 0.129. The van der Waals surface area contributed by atoms with E-state index in [-0.39, 0.29) is 5.41 Å². The van der Waals surface area contributed by atoms with E-state index in [4.69, 9.17) is 0 Å². The van der Waals surface area contributed by atoms with Crippen LogP contribution in [-0.4, -0.2) is 24.0 Å². The first-order valence-electron chi connectivity index (χ1n) is 12.1. The maximum atomic E-state index is 4.68. The molecule has 35 heavy (non-hydrogen) atoms. The number of rotatable bonds is 5. The van der Waals surface area contributed by atoms with Gasteiger partial charge in [-0.3, -0.25) is 0 Å². The van der Waals surface area contributed by atoms with Crippen molar-refractivity contribution in [1.82, 2.24) is 4.90 Å². The van der Waals surface area contributed by atoms with Crippen LogP contribution in [0.15, 0.2) is 125 Å². The lowest BCUT2D eigenvalue weighted by molar-refractivity contribution is 0.590. The van der Waals surface area contributed by atoms with E-state index in [9.17, 15) is 0 Å². The van der Waals surface area contributed by atoms with Crippen molar-refractivity contribution in [3.8, 4) is 11.1 Å². The molecule has 0 unspecified atom stereocenters. The van der Waals surface area contributed by atoms with E-state index >= 15 is 0 Å². The Labute approximate surface area is 209 Å². The average Bonchev–Trinajstić information content (AvgIpc) is 3.17. The summed E-state index contributed by atoms with van der Waals surface area (Å²) in [5.41, 5.74) is 6.91. The normalized spacial score (nSPS) is 14.2. The van der Waals surface area contributed by atoms with E-state index in [0.29, 0.717) is 0 Å². The summed E-state index contributed by atoms with van der Waals surface area (Å²) in [5, 5.41) is 9.16. The summed E-state index contributed by atoms with van der Waals surface area (Å²) in [5.74, 6) is 0.790. The second kappa shape index (κ2) is 11.0. The number of nitrogens with zero attached hydrogens (tertiary/aromatic N) is 3. The van der Waals surface area contributed by atoms with Gasteiger partial charge in [0, 0.05) is 18.3 Å². The van der Waals surface area contributed by atoms with Crippen LogP contribution in [0.3, 0.4) is 0 Å². The molecule has 0 aliphatic heterocycles. The molecule has 0 fully saturated rings. The highest BCUT2D eigenvalue weighted by atomic mass is 15.3. The predicted octanol–water partition coefficient (Wildman–Crippen LogP) is 7.76. The molecule has 1 aliphatic rings. The fraction of sp³-hybridized carbons (Fsp3) is 0.188. The van der Waals surface area contributed by atoms with Crippen molar-refractivity contribution < 1.29 is 0 Å². The first-order valence-corrected chi connectivity index (χ1v) is 12.1. The van der Waals surface area contributed by atoms with Crippen LogP contribution in [0.1, 0.15) is 43.9 Å². The predicted molar refractivity (Wildman–Crippen MR) is 150 cm³/mol. The van der Waals surface area contributed by atoms with Gasteiger partial charge < -0.3 is 4.90 Å². The second-order valence-electron chi connectivity index (χ2n) is 9.70. The lowest BCUT2D eigenvalue weighted by Crippen LogP contribution is -2.26. The van der Waals surface area contributed by atoms with E-state index in [0.717, 1.165) is 29.1 Å². The minimum Gasteiger partial charge on any atom is -0.328 e. The molecule has 1 aliphatic carbocycles. The molecule has 3 aromatic rings. The molecular formula is C32H33N3. The first-order chi connectivity index (χ1) is 16.9. The van der Waals surface area contributed by atoms with Crippen molar-refractivity contribution in [2.45, 2.75) is 32.6 Å². The van der Waals surface area contributed by atoms with Crippen molar-refractivity contribution in [3.05, 3.63) is 132 Å². The molecule has 0 bridgehead atoms. The van der Waals surface area contributed by atoms with Crippen LogP contribution >= 0.6 is 0 Å². The molecule has 4 rings (SSSR count). The molecule has 0 saturated carbocycles. The maximum Gasteiger partial charge on any atom is 0.162 e. The SMILES string of the molecule is CN(C1=CC=CCC=C1)/C(=N\N=C\c1ccc(C(C)(C)C)cc1)c1ccc(-c2ccccc2)cc1. The van der Waals surface area contributed by atoms with Crippen LogP contribution in [0.25, 0.3) is 11.1 Å². The van der Waals surface area contributed by atoms with E-state index in [2.05, 4.69) is 139 Å². The van der Waals surface area contributed by atoms with Crippen molar-refractivity contribution in [2.24, 2.45) is 10.2 Å². The molecule has 0 amide bonds. The summed E-state index contributed by atoms with van der Waals surface area (Å²) >= 11 is 0. The zero-order valence-corrected chi connectivity index (χ0v) is 21.0. The molecule has 3 nitrogen and oxygen atoms in total. The summed E-state index contributed by atoms with van der Waals surface area (Å²) < 4.78 is 0. The number of likely N-dealkylation sites (N-methyl/N-ethyl adjacent to an activating group) is 1. The van der Waals surface area contributed by atoms with E-state index in [1.165, 1.54) is 16.7 Å². The monoisotopic (exact) mass is 459 g/mol. The third-order valence-corrected chi connectivity index (χ3v) is 6.06. The van der Waals surface area contributed by atoms with Gasteiger partial charge in [-0.1, -0.05) is 118 Å². The molecular weight excluding hydrogens is 426 g/mol. The smallest absolute Gasteiger partial charge is 0.162 e. The van der Waals surface area contributed by atoms with Crippen LogP contribution in [0.5, 0.6) is 0 Å². The molecule has 0 N–H and O–H groups in total. The van der Waals surface area contributed by atoms with Gasteiger partial charge in [0.15, 0.2) is 5.84 Å². The molecule has 0 aromatic heterocycles.